The molecule has 3 nitrogen and oxygen atoms in total. The molecule has 0 atom stereocenters. The highest BCUT2D eigenvalue weighted by molar-refractivity contribution is 7.00. The molecule has 0 unspecified atom stereocenters. The van der Waals surface area contributed by atoms with Crippen molar-refractivity contribution in [2.24, 2.45) is 0 Å². The minimum atomic E-state index is -0.0436. The summed E-state index contributed by atoms with van der Waals surface area (Å²) in [6, 6.07) is 44.5. The van der Waals surface area contributed by atoms with E-state index in [1.165, 1.54) is 119 Å². The Kier molecular flexibility index (Phi) is 8.54. The van der Waals surface area contributed by atoms with E-state index in [0.29, 0.717) is 0 Å². The van der Waals surface area contributed by atoms with E-state index in [2.05, 4.69) is 208 Å². The monoisotopic (exact) mass is 822 g/mol. The number of hydrogen-bond acceptors (Lipinski definition) is 3. The second kappa shape index (κ2) is 13.5. The summed E-state index contributed by atoms with van der Waals surface area (Å²) in [7, 11) is 0. The molecule has 0 spiro atoms. The van der Waals surface area contributed by atoms with Crippen molar-refractivity contribution in [3.63, 3.8) is 0 Å². The van der Waals surface area contributed by atoms with Gasteiger partial charge in [0.15, 0.2) is 0 Å². The molecule has 0 bridgehead atoms. The predicted molar refractivity (Wildman–Crippen MR) is 271 cm³/mol. The van der Waals surface area contributed by atoms with Crippen LogP contribution in [-0.2, 0) is 16.2 Å². The van der Waals surface area contributed by atoms with Crippen LogP contribution >= 0.6 is 0 Å². The third-order valence-electron chi connectivity index (χ3n) is 15.2. The van der Waals surface area contributed by atoms with E-state index in [0.717, 1.165) is 21.9 Å². The summed E-state index contributed by atoms with van der Waals surface area (Å²) in [6.07, 6.45) is 2.35. The molecule has 4 heteroatoms. The third-order valence-corrected chi connectivity index (χ3v) is 15.2. The number of anilines is 6. The molecular formula is C59H59BN2O. The molecule has 0 radical (unpaired) electrons. The molecular weight excluding hydrogens is 763 g/mol. The van der Waals surface area contributed by atoms with Gasteiger partial charge in [0, 0.05) is 44.9 Å². The minimum Gasteiger partial charge on any atom is -0.456 e. The zero-order chi connectivity index (χ0) is 44.1. The van der Waals surface area contributed by atoms with E-state index < -0.39 is 0 Å². The summed E-state index contributed by atoms with van der Waals surface area (Å²) in [4.78, 5) is 5.25. The Balaban J connectivity index is 1.32. The SMILES string of the molecule is Cc1cc(C)c(-c2cc3c4c(c2)N(c2ccccc2C)c2cc5c(cc2B4c2cc(C(C)(C)C)ccc2N3c2cc3c(cc2C)C(C)(C)CCC3(C)C)oc2ccccc25)c(C)c1. The Labute approximate surface area is 374 Å². The fraction of sp³-hybridized carbons (Fsp3) is 0.288. The summed E-state index contributed by atoms with van der Waals surface area (Å²) in [5.74, 6) is 0. The van der Waals surface area contributed by atoms with Crippen molar-refractivity contribution >= 4 is 79.2 Å². The lowest BCUT2D eigenvalue weighted by Crippen LogP contribution is -2.61. The molecule has 0 N–H and O–H groups in total. The summed E-state index contributed by atoms with van der Waals surface area (Å²) >= 11 is 0. The summed E-state index contributed by atoms with van der Waals surface area (Å²) in [6.45, 7) is 28.2. The Bertz CT molecular complexity index is 3220. The van der Waals surface area contributed by atoms with Crippen LogP contribution in [0.3, 0.4) is 0 Å². The van der Waals surface area contributed by atoms with Gasteiger partial charge in [-0.1, -0.05) is 121 Å². The molecule has 1 aromatic heterocycles. The van der Waals surface area contributed by atoms with Crippen LogP contribution in [0.2, 0.25) is 0 Å². The van der Waals surface area contributed by atoms with Crippen LogP contribution in [0.25, 0.3) is 33.1 Å². The minimum absolute atomic E-state index is 0.0426. The highest BCUT2D eigenvalue weighted by Crippen LogP contribution is 2.52. The van der Waals surface area contributed by atoms with Crippen molar-refractivity contribution in [2.45, 2.75) is 112 Å². The van der Waals surface area contributed by atoms with Gasteiger partial charge in [0.05, 0.1) is 0 Å². The van der Waals surface area contributed by atoms with E-state index in [1.54, 1.807) is 0 Å². The predicted octanol–water partition coefficient (Wildman–Crippen LogP) is 14.5. The van der Waals surface area contributed by atoms with Crippen LogP contribution in [-0.4, -0.2) is 6.71 Å². The lowest BCUT2D eigenvalue weighted by molar-refractivity contribution is 0.332. The zero-order valence-electron chi connectivity index (χ0n) is 39.3. The largest absolute Gasteiger partial charge is 0.456 e. The Morgan fingerprint density at radius 3 is 1.81 bits per heavy atom. The maximum atomic E-state index is 6.76. The van der Waals surface area contributed by atoms with Gasteiger partial charge in [-0.05, 0) is 179 Å². The van der Waals surface area contributed by atoms with E-state index >= 15 is 0 Å². The average molecular weight is 823 g/mol. The van der Waals surface area contributed by atoms with E-state index in [4.69, 9.17) is 4.42 Å². The molecule has 3 aliphatic rings. The molecule has 0 saturated carbocycles. The Hall–Kier alpha value is -6.00. The van der Waals surface area contributed by atoms with Gasteiger partial charge in [0.1, 0.15) is 11.2 Å². The molecule has 2 aliphatic heterocycles. The van der Waals surface area contributed by atoms with Gasteiger partial charge in [-0.15, -0.1) is 0 Å². The van der Waals surface area contributed by atoms with E-state index in [9.17, 15) is 0 Å². The molecule has 7 aromatic carbocycles. The first-order valence-corrected chi connectivity index (χ1v) is 23.1. The topological polar surface area (TPSA) is 19.6 Å². The van der Waals surface area contributed by atoms with E-state index in [1.807, 2.05) is 0 Å². The standard InChI is InChI=1S/C59H59BN2O/c1-34-25-37(4)55(38(5)26-34)39-28-51-56-52(29-39)62(49-32-44-43(27-36(49)3)58(9,10)23-24-59(44,11)12)48-22-21-40(57(6,7)8)30-45(48)60(56)46-33-54-42(41-18-14-16-20-53(41)63-54)31-50(46)61(51)47-19-15-13-17-35(47)2/h13-22,25-33H,23-24H2,1-12H3. The van der Waals surface area contributed by atoms with Crippen molar-refractivity contribution in [2.75, 3.05) is 9.80 Å². The van der Waals surface area contributed by atoms with Gasteiger partial charge >= 0.3 is 0 Å². The Morgan fingerprint density at radius 1 is 0.508 bits per heavy atom. The number of furan rings is 1. The third kappa shape index (κ3) is 5.93. The molecule has 314 valence electrons. The molecule has 0 amide bonds. The first-order chi connectivity index (χ1) is 29.9. The summed E-state index contributed by atoms with van der Waals surface area (Å²) in [5.41, 5.74) is 26.6. The van der Waals surface area contributed by atoms with Crippen LogP contribution in [0.1, 0.15) is 106 Å². The summed E-state index contributed by atoms with van der Waals surface area (Å²) in [5, 5.41) is 2.29. The van der Waals surface area contributed by atoms with Gasteiger partial charge in [-0.25, -0.2) is 0 Å². The summed E-state index contributed by atoms with van der Waals surface area (Å²) < 4.78 is 6.76. The zero-order valence-corrected chi connectivity index (χ0v) is 39.3. The normalized spacial score (nSPS) is 16.0. The fourth-order valence-corrected chi connectivity index (χ4v) is 11.7. The van der Waals surface area contributed by atoms with Gasteiger partial charge < -0.3 is 14.2 Å². The van der Waals surface area contributed by atoms with Gasteiger partial charge in [-0.3, -0.25) is 0 Å². The molecule has 11 rings (SSSR count). The highest BCUT2D eigenvalue weighted by atomic mass is 16.3. The number of rotatable bonds is 3. The van der Waals surface area contributed by atoms with Crippen LogP contribution in [0.5, 0.6) is 0 Å². The van der Waals surface area contributed by atoms with Crippen molar-refractivity contribution in [1.82, 2.24) is 0 Å². The van der Waals surface area contributed by atoms with Crippen LogP contribution < -0.4 is 26.2 Å². The number of aryl methyl sites for hydroxylation is 5. The Morgan fingerprint density at radius 2 is 1.13 bits per heavy atom. The van der Waals surface area contributed by atoms with Crippen LogP contribution in [0, 0.1) is 34.6 Å². The van der Waals surface area contributed by atoms with Crippen molar-refractivity contribution in [3.8, 4) is 11.1 Å². The molecule has 0 saturated heterocycles. The lowest BCUT2D eigenvalue weighted by atomic mass is 9.33. The first kappa shape index (κ1) is 39.8. The average Bonchev–Trinajstić information content (AvgIpc) is 3.59. The highest BCUT2D eigenvalue weighted by Gasteiger charge is 2.46. The van der Waals surface area contributed by atoms with Gasteiger partial charge in [0.25, 0.3) is 6.71 Å². The lowest BCUT2D eigenvalue weighted by Gasteiger charge is -2.46. The first-order valence-electron chi connectivity index (χ1n) is 23.1. The van der Waals surface area contributed by atoms with E-state index in [-0.39, 0.29) is 23.0 Å². The smallest absolute Gasteiger partial charge is 0.252 e. The quantitative estimate of drug-likeness (QED) is 0.166. The fourth-order valence-electron chi connectivity index (χ4n) is 11.7. The number of fused-ring (bicyclic) bond motifs is 8. The number of nitrogens with zero attached hydrogens (tertiary/aromatic N) is 2. The van der Waals surface area contributed by atoms with Crippen LogP contribution in [0.15, 0.2) is 120 Å². The molecule has 0 fully saturated rings. The van der Waals surface area contributed by atoms with Gasteiger partial charge in [-0.2, -0.15) is 0 Å². The maximum absolute atomic E-state index is 6.76. The maximum Gasteiger partial charge on any atom is 0.252 e. The van der Waals surface area contributed by atoms with Crippen molar-refractivity contribution in [3.05, 3.63) is 160 Å². The van der Waals surface area contributed by atoms with Crippen molar-refractivity contribution in [1.29, 1.82) is 0 Å². The molecule has 8 aromatic rings. The van der Waals surface area contributed by atoms with Crippen LogP contribution in [0.4, 0.5) is 34.1 Å². The number of hydrogen-bond donors (Lipinski definition) is 0. The number of para-hydroxylation sites is 2. The second-order valence-electron chi connectivity index (χ2n) is 21.6. The van der Waals surface area contributed by atoms with Gasteiger partial charge in [0.2, 0.25) is 0 Å². The molecule has 3 heterocycles. The van der Waals surface area contributed by atoms with Crippen molar-refractivity contribution < 1.29 is 4.42 Å². The molecule has 63 heavy (non-hydrogen) atoms. The molecule has 1 aliphatic carbocycles. The second-order valence-corrected chi connectivity index (χ2v) is 21.6. The number of benzene rings is 7.